The molecule has 9 nitrogen and oxygen atoms in total. The second-order valence-corrected chi connectivity index (χ2v) is 8.30. The molecule has 0 radical (unpaired) electrons. The molecule has 0 aliphatic heterocycles. The highest BCUT2D eigenvalue weighted by atomic mass is 32.2. The van der Waals surface area contributed by atoms with E-state index in [0.29, 0.717) is 11.0 Å². The zero-order valence-electron chi connectivity index (χ0n) is 15.4. The number of quaternary nitrogens is 2. The van der Waals surface area contributed by atoms with Gasteiger partial charge in [-0.3, -0.25) is 4.55 Å². The summed E-state index contributed by atoms with van der Waals surface area (Å²) in [6, 6.07) is 2.63. The highest BCUT2D eigenvalue weighted by Gasteiger charge is 2.15. The fourth-order valence-corrected chi connectivity index (χ4v) is 1.84. The van der Waals surface area contributed by atoms with Gasteiger partial charge in [0.25, 0.3) is 10.1 Å². The van der Waals surface area contributed by atoms with Crippen molar-refractivity contribution in [2.24, 2.45) is 0 Å². The molecular formula is C15H28N2O7S+2. The van der Waals surface area contributed by atoms with E-state index in [4.69, 9.17) is 9.66 Å². The van der Waals surface area contributed by atoms with Crippen LogP contribution < -0.4 is 0 Å². The van der Waals surface area contributed by atoms with Crippen molar-refractivity contribution in [3.63, 3.8) is 0 Å². The largest absolute Gasteiger partial charge is 0.477 e. The number of hydrogen-bond acceptors (Lipinski definition) is 5. The molecule has 0 amide bonds. The quantitative estimate of drug-likeness (QED) is 0.206. The molecule has 0 unspecified atom stereocenters. The number of carbonyl (C=O) groups is 2. The third-order valence-electron chi connectivity index (χ3n) is 2.40. The van der Waals surface area contributed by atoms with Gasteiger partial charge in [-0.25, -0.2) is 14.1 Å². The van der Waals surface area contributed by atoms with E-state index in [-0.39, 0.29) is 23.2 Å². The first-order chi connectivity index (χ1) is 11.1. The number of carboxylic acid groups (broad SMARTS) is 1. The lowest BCUT2D eigenvalue weighted by Crippen LogP contribution is -2.39. The van der Waals surface area contributed by atoms with Gasteiger partial charge in [-0.15, -0.1) is 0 Å². The zero-order valence-corrected chi connectivity index (χ0v) is 16.2. The van der Waals surface area contributed by atoms with E-state index < -0.39 is 22.1 Å². The Hall–Kier alpha value is -1.93. The van der Waals surface area contributed by atoms with E-state index in [1.165, 1.54) is 0 Å². The third-order valence-corrected chi connectivity index (χ3v) is 3.20. The summed E-state index contributed by atoms with van der Waals surface area (Å²) in [5.41, 5.74) is 0. The van der Waals surface area contributed by atoms with Gasteiger partial charge in [-0.1, -0.05) is 6.58 Å². The van der Waals surface area contributed by atoms with Gasteiger partial charge in [0, 0.05) is 12.5 Å². The predicted molar refractivity (Wildman–Crippen MR) is 92.6 cm³/mol. The van der Waals surface area contributed by atoms with E-state index in [9.17, 15) is 18.0 Å². The summed E-state index contributed by atoms with van der Waals surface area (Å²) in [6.45, 7) is 3.79. The Balaban J connectivity index is 0. The van der Waals surface area contributed by atoms with Crippen molar-refractivity contribution in [1.82, 2.24) is 0 Å². The lowest BCUT2D eigenvalue weighted by molar-refractivity contribution is -0.862. The first-order valence-corrected chi connectivity index (χ1v) is 8.85. The summed E-state index contributed by atoms with van der Waals surface area (Å²) in [5, 5.41) is 8.23. The van der Waals surface area contributed by atoms with Crippen LogP contribution in [0.5, 0.6) is 0 Å². The first kappa shape index (κ1) is 25.3. The van der Waals surface area contributed by atoms with Gasteiger partial charge in [0.1, 0.15) is 0 Å². The molecular weight excluding hydrogens is 352 g/mol. The van der Waals surface area contributed by atoms with Gasteiger partial charge in [-0.2, -0.15) is 8.42 Å². The summed E-state index contributed by atoms with van der Waals surface area (Å²) in [5.74, 6) is -1.71. The topological polar surface area (TPSA) is 118 Å². The van der Waals surface area contributed by atoms with Gasteiger partial charge >= 0.3 is 11.9 Å². The second kappa shape index (κ2) is 10.8. The van der Waals surface area contributed by atoms with E-state index in [1.807, 2.05) is 21.1 Å². The molecule has 0 saturated carbocycles. The highest BCUT2D eigenvalue weighted by Crippen LogP contribution is 1.99. The summed E-state index contributed by atoms with van der Waals surface area (Å²) in [4.78, 5) is 20.7. The van der Waals surface area contributed by atoms with Crippen molar-refractivity contribution in [2.45, 2.75) is 6.42 Å². The minimum Gasteiger partial charge on any atom is -0.477 e. The van der Waals surface area contributed by atoms with E-state index in [0.717, 1.165) is 6.08 Å². The van der Waals surface area contributed by atoms with Crippen LogP contribution in [0.4, 0.5) is 0 Å². The number of nitrogens with zero attached hydrogens (tertiary/aromatic N) is 2. The second-order valence-electron chi connectivity index (χ2n) is 6.73. The number of esters is 1. The molecule has 25 heavy (non-hydrogen) atoms. The fourth-order valence-electron chi connectivity index (χ4n) is 1.34. The van der Waals surface area contributed by atoms with Gasteiger partial charge in [-0.05, 0) is 0 Å². The van der Waals surface area contributed by atoms with Crippen LogP contribution in [0.25, 0.3) is 0 Å². The van der Waals surface area contributed by atoms with Gasteiger partial charge in [0.05, 0.1) is 47.5 Å². The smallest absolute Gasteiger partial charge is 0.359 e. The molecule has 0 fully saturated rings. The molecule has 0 atom stereocenters. The van der Waals surface area contributed by atoms with Crippen LogP contribution in [0.1, 0.15) is 6.42 Å². The molecule has 0 aromatic rings. The molecule has 0 aliphatic carbocycles. The minimum atomic E-state index is -3.94. The molecule has 0 heterocycles. The van der Waals surface area contributed by atoms with Crippen molar-refractivity contribution in [1.29, 1.82) is 0 Å². The Bertz CT molecular complexity index is 622. The fraction of sp³-hybridized carbons (Fsp3) is 0.600. The lowest BCUT2D eigenvalue weighted by atomic mass is 10.4. The first-order valence-electron chi connectivity index (χ1n) is 7.24. The van der Waals surface area contributed by atoms with Crippen molar-refractivity contribution in [3.8, 4) is 12.2 Å². The Morgan fingerprint density at radius 2 is 1.72 bits per heavy atom. The number of carbonyl (C=O) groups excluding carboxylic acids is 1. The van der Waals surface area contributed by atoms with Crippen molar-refractivity contribution in [3.05, 3.63) is 12.7 Å². The number of carboxylic acids is 1. The molecule has 10 heteroatoms. The summed E-state index contributed by atoms with van der Waals surface area (Å²) < 4.78 is 34.6. The van der Waals surface area contributed by atoms with Crippen LogP contribution in [-0.4, -0.2) is 93.1 Å². The number of ether oxygens (including phenoxy) is 1. The highest BCUT2D eigenvalue weighted by molar-refractivity contribution is 7.85. The Kier molecular flexibility index (Phi) is 11.0. The maximum Gasteiger partial charge on any atom is 0.359 e. The van der Waals surface area contributed by atoms with Crippen LogP contribution >= 0.6 is 0 Å². The molecule has 0 bridgehead atoms. The Labute approximate surface area is 149 Å². The van der Waals surface area contributed by atoms with Crippen LogP contribution in [0.2, 0.25) is 0 Å². The maximum absolute atomic E-state index is 10.7. The number of hydrogen-bond donors (Lipinski definition) is 2. The minimum absolute atomic E-state index is 0.153. The Morgan fingerprint density at radius 1 is 1.20 bits per heavy atom. The van der Waals surface area contributed by atoms with E-state index in [2.05, 4.69) is 23.5 Å². The number of rotatable bonds is 7. The van der Waals surface area contributed by atoms with E-state index >= 15 is 0 Å². The number of likely N-dealkylation sites (N-methyl/N-ethyl adjacent to an activating group) is 1. The monoisotopic (exact) mass is 380 g/mol. The third kappa shape index (κ3) is 22.1. The Morgan fingerprint density at radius 3 is 2.04 bits per heavy atom. The van der Waals surface area contributed by atoms with Crippen LogP contribution in [0.15, 0.2) is 12.7 Å². The average Bonchev–Trinajstić information content (AvgIpc) is 2.33. The molecule has 144 valence electrons. The maximum atomic E-state index is 10.7. The summed E-state index contributed by atoms with van der Waals surface area (Å²) in [7, 11) is 5.02. The molecule has 0 spiro atoms. The molecule has 0 saturated heterocycles. The molecule has 0 aliphatic rings. The van der Waals surface area contributed by atoms with Crippen molar-refractivity contribution >= 4 is 22.1 Å². The van der Waals surface area contributed by atoms with Gasteiger partial charge in [0.15, 0.2) is 18.7 Å². The predicted octanol–water partition coefficient (Wildman–Crippen LogP) is -0.234. The summed E-state index contributed by atoms with van der Waals surface area (Å²) in [6.07, 6.45) is 3.47. The number of aliphatic carboxylic acids is 1. The van der Waals surface area contributed by atoms with Gasteiger partial charge < -0.3 is 14.3 Å². The zero-order chi connectivity index (χ0) is 20.3. The normalized spacial score (nSPS) is 11.3. The van der Waals surface area contributed by atoms with Gasteiger partial charge in [0.2, 0.25) is 0 Å². The molecule has 0 aromatic carbocycles. The molecule has 0 aromatic heterocycles. The van der Waals surface area contributed by atoms with Crippen molar-refractivity contribution < 1.29 is 41.4 Å². The molecule has 0 rings (SSSR count). The van der Waals surface area contributed by atoms with Crippen LogP contribution in [-0.2, 0) is 24.4 Å². The SMILES string of the molecule is C=CC(=O)OC#C[N+](C)(C)CCCS(=O)(=O)O.C[N+](C)(C)CC(=O)O. The van der Waals surface area contributed by atoms with Crippen LogP contribution in [0, 0.1) is 12.2 Å². The summed E-state index contributed by atoms with van der Waals surface area (Å²) >= 11 is 0. The lowest BCUT2D eigenvalue weighted by Gasteiger charge is -2.20. The standard InChI is InChI=1S/C10H15NO5S.C5H11NO2/c1-4-10(12)16-8-7-11(2,3)6-5-9-17(13,14)15;1-6(2,3)4-5(7)8/h4H,1,5-6,9H2,2-3H3;4H2,1-3H3/p+2. The van der Waals surface area contributed by atoms with Crippen LogP contribution in [0.3, 0.4) is 0 Å². The van der Waals surface area contributed by atoms with E-state index in [1.54, 1.807) is 14.1 Å². The van der Waals surface area contributed by atoms with Crippen molar-refractivity contribution in [2.75, 3.05) is 54.1 Å². The molecule has 2 N–H and O–H groups in total. The average molecular weight is 380 g/mol.